The zero-order chi connectivity index (χ0) is 21.7. The zero-order valence-corrected chi connectivity index (χ0v) is 18.0. The molecule has 0 saturated carbocycles. The van der Waals surface area contributed by atoms with E-state index in [-0.39, 0.29) is 4.90 Å². The molecule has 1 heterocycles. The lowest BCUT2D eigenvalue weighted by Crippen LogP contribution is -2.35. The Kier molecular flexibility index (Phi) is 6.39. The molecular weight excluding hydrogens is 408 g/mol. The van der Waals surface area contributed by atoms with Gasteiger partial charge in [-0.3, -0.25) is 4.79 Å². The number of hydrogen-bond donors (Lipinski definition) is 0. The molecule has 3 aromatic rings. The van der Waals surface area contributed by atoms with Crippen molar-refractivity contribution in [3.63, 3.8) is 0 Å². The lowest BCUT2D eigenvalue weighted by atomic mass is 10.0. The summed E-state index contributed by atoms with van der Waals surface area (Å²) >= 11 is 0. The van der Waals surface area contributed by atoms with Crippen molar-refractivity contribution in [1.82, 2.24) is 4.31 Å². The van der Waals surface area contributed by atoms with Gasteiger partial charge in [0.05, 0.1) is 10.6 Å². The van der Waals surface area contributed by atoms with E-state index >= 15 is 0 Å². The topological polar surface area (TPSA) is 66.8 Å². The molecule has 1 fully saturated rings. The summed E-state index contributed by atoms with van der Waals surface area (Å²) in [5, 5.41) is 0. The first-order valence-electron chi connectivity index (χ1n) is 10.4. The summed E-state index contributed by atoms with van der Waals surface area (Å²) in [4.78, 5) is 17.5. The number of rotatable bonds is 5. The SMILES string of the molecule is O=C(N=C(c1ccccc1)c1ccccc1)c1ccc(S(=O)(=O)N2CCCCC2)cc1. The van der Waals surface area contributed by atoms with Crippen molar-refractivity contribution in [2.45, 2.75) is 24.2 Å². The molecule has 0 radical (unpaired) electrons. The van der Waals surface area contributed by atoms with Crippen LogP contribution in [0.1, 0.15) is 40.7 Å². The number of hydrogen-bond acceptors (Lipinski definition) is 3. The first-order valence-corrected chi connectivity index (χ1v) is 11.8. The maximum Gasteiger partial charge on any atom is 0.277 e. The molecule has 1 saturated heterocycles. The molecule has 1 aliphatic heterocycles. The third kappa shape index (κ3) is 4.81. The molecule has 3 aromatic carbocycles. The van der Waals surface area contributed by atoms with Crippen LogP contribution in [0, 0.1) is 0 Å². The zero-order valence-electron chi connectivity index (χ0n) is 17.1. The van der Waals surface area contributed by atoms with Crippen molar-refractivity contribution < 1.29 is 13.2 Å². The Morgan fingerprint density at radius 2 is 1.19 bits per heavy atom. The number of aliphatic imine (C=N–C) groups is 1. The number of piperidine rings is 1. The highest BCUT2D eigenvalue weighted by Crippen LogP contribution is 2.21. The smallest absolute Gasteiger partial charge is 0.267 e. The number of carbonyl (C=O) groups excluding carboxylic acids is 1. The minimum absolute atomic E-state index is 0.210. The van der Waals surface area contributed by atoms with Crippen molar-refractivity contribution in [3.05, 3.63) is 102 Å². The average molecular weight is 433 g/mol. The van der Waals surface area contributed by atoms with Crippen LogP contribution in [0.15, 0.2) is 94.8 Å². The predicted molar refractivity (Wildman–Crippen MR) is 122 cm³/mol. The summed E-state index contributed by atoms with van der Waals surface area (Å²) in [5.41, 5.74) is 2.61. The Hall–Kier alpha value is -3.09. The van der Waals surface area contributed by atoms with E-state index in [0.717, 1.165) is 30.4 Å². The fourth-order valence-corrected chi connectivity index (χ4v) is 5.19. The fourth-order valence-electron chi connectivity index (χ4n) is 3.68. The highest BCUT2D eigenvalue weighted by Gasteiger charge is 2.26. The van der Waals surface area contributed by atoms with Crippen LogP contribution >= 0.6 is 0 Å². The standard InChI is InChI=1S/C25H24N2O3S/c28-25(26-24(20-10-4-1-5-11-20)21-12-6-2-7-13-21)22-14-16-23(17-15-22)31(29,30)27-18-8-3-9-19-27/h1-2,4-7,10-17H,3,8-9,18-19H2. The summed E-state index contributed by atoms with van der Waals surface area (Å²) < 4.78 is 27.2. The van der Waals surface area contributed by atoms with E-state index in [0.29, 0.717) is 24.4 Å². The first-order chi connectivity index (χ1) is 15.1. The molecule has 6 heteroatoms. The second-order valence-corrected chi connectivity index (χ2v) is 9.42. The monoisotopic (exact) mass is 432 g/mol. The molecule has 0 atom stereocenters. The van der Waals surface area contributed by atoms with Crippen LogP contribution in [0.5, 0.6) is 0 Å². The molecular formula is C25H24N2O3S. The Balaban J connectivity index is 1.63. The molecule has 1 aliphatic rings. The Morgan fingerprint density at radius 3 is 1.71 bits per heavy atom. The minimum Gasteiger partial charge on any atom is -0.267 e. The Bertz CT molecular complexity index is 1120. The summed E-state index contributed by atoms with van der Waals surface area (Å²) in [7, 11) is -3.53. The van der Waals surface area contributed by atoms with Crippen LogP contribution < -0.4 is 0 Å². The van der Waals surface area contributed by atoms with Gasteiger partial charge in [0, 0.05) is 29.8 Å². The molecule has 158 valence electrons. The number of sulfonamides is 1. The van der Waals surface area contributed by atoms with Gasteiger partial charge in [-0.15, -0.1) is 0 Å². The predicted octanol–water partition coefficient (Wildman–Crippen LogP) is 4.54. The molecule has 0 aliphatic carbocycles. The largest absolute Gasteiger partial charge is 0.277 e. The van der Waals surface area contributed by atoms with E-state index in [4.69, 9.17) is 0 Å². The van der Waals surface area contributed by atoms with Crippen molar-refractivity contribution in [2.24, 2.45) is 4.99 Å². The Morgan fingerprint density at radius 1 is 0.677 bits per heavy atom. The lowest BCUT2D eigenvalue weighted by Gasteiger charge is -2.25. The third-order valence-electron chi connectivity index (χ3n) is 5.36. The van der Waals surface area contributed by atoms with Gasteiger partial charge in [-0.2, -0.15) is 4.31 Å². The van der Waals surface area contributed by atoms with E-state index in [1.165, 1.54) is 28.6 Å². The van der Waals surface area contributed by atoms with Crippen LogP contribution in [0.4, 0.5) is 0 Å². The number of nitrogens with zero attached hydrogens (tertiary/aromatic N) is 2. The van der Waals surface area contributed by atoms with Gasteiger partial charge in [0.25, 0.3) is 5.91 Å². The number of carbonyl (C=O) groups is 1. The van der Waals surface area contributed by atoms with E-state index in [9.17, 15) is 13.2 Å². The van der Waals surface area contributed by atoms with Gasteiger partial charge in [0.2, 0.25) is 10.0 Å². The summed E-state index contributed by atoms with van der Waals surface area (Å²) in [5.74, 6) is -0.412. The van der Waals surface area contributed by atoms with Crippen LogP contribution in [-0.2, 0) is 10.0 Å². The normalized spacial score (nSPS) is 14.7. The molecule has 0 spiro atoms. The lowest BCUT2D eigenvalue weighted by molar-refractivity contribution is 0.100. The molecule has 0 bridgehead atoms. The van der Waals surface area contributed by atoms with Gasteiger partial charge in [-0.1, -0.05) is 67.1 Å². The summed E-state index contributed by atoms with van der Waals surface area (Å²) in [6.07, 6.45) is 2.82. The van der Waals surface area contributed by atoms with Gasteiger partial charge >= 0.3 is 0 Å². The van der Waals surface area contributed by atoms with Crippen molar-refractivity contribution in [1.29, 1.82) is 0 Å². The van der Waals surface area contributed by atoms with Gasteiger partial charge in [0.1, 0.15) is 0 Å². The van der Waals surface area contributed by atoms with Gasteiger partial charge in [-0.05, 0) is 37.1 Å². The molecule has 4 rings (SSSR count). The van der Waals surface area contributed by atoms with Crippen molar-refractivity contribution >= 4 is 21.6 Å². The van der Waals surface area contributed by atoms with E-state index in [2.05, 4.69) is 4.99 Å². The highest BCUT2D eigenvalue weighted by atomic mass is 32.2. The Labute approximate surface area is 183 Å². The third-order valence-corrected chi connectivity index (χ3v) is 7.27. The van der Waals surface area contributed by atoms with E-state index in [1.54, 1.807) is 0 Å². The summed E-state index contributed by atoms with van der Waals surface area (Å²) in [6.45, 7) is 1.09. The second-order valence-electron chi connectivity index (χ2n) is 7.49. The molecule has 31 heavy (non-hydrogen) atoms. The molecule has 0 aromatic heterocycles. The molecule has 5 nitrogen and oxygen atoms in total. The van der Waals surface area contributed by atoms with E-state index in [1.807, 2.05) is 60.7 Å². The van der Waals surface area contributed by atoms with E-state index < -0.39 is 15.9 Å². The molecule has 0 N–H and O–H groups in total. The highest BCUT2D eigenvalue weighted by molar-refractivity contribution is 7.89. The van der Waals surface area contributed by atoms with Gasteiger partial charge in [0.15, 0.2) is 0 Å². The number of benzene rings is 3. The van der Waals surface area contributed by atoms with Crippen LogP contribution in [0.3, 0.4) is 0 Å². The average Bonchev–Trinajstić information content (AvgIpc) is 2.84. The molecule has 1 amide bonds. The fraction of sp³-hybridized carbons (Fsp3) is 0.200. The summed E-state index contributed by atoms with van der Waals surface area (Å²) in [6, 6.07) is 25.1. The second kappa shape index (κ2) is 9.37. The maximum atomic E-state index is 12.9. The minimum atomic E-state index is -3.53. The maximum absolute atomic E-state index is 12.9. The first kappa shape index (κ1) is 21.2. The van der Waals surface area contributed by atoms with Gasteiger partial charge < -0.3 is 0 Å². The van der Waals surface area contributed by atoms with Crippen molar-refractivity contribution in [3.8, 4) is 0 Å². The van der Waals surface area contributed by atoms with Crippen LogP contribution in [-0.4, -0.2) is 37.4 Å². The van der Waals surface area contributed by atoms with Crippen LogP contribution in [0.2, 0.25) is 0 Å². The molecule has 0 unspecified atom stereocenters. The number of amides is 1. The quantitative estimate of drug-likeness (QED) is 0.556. The van der Waals surface area contributed by atoms with Crippen molar-refractivity contribution in [2.75, 3.05) is 13.1 Å². The van der Waals surface area contributed by atoms with Crippen LogP contribution in [0.25, 0.3) is 0 Å². The van der Waals surface area contributed by atoms with Gasteiger partial charge in [-0.25, -0.2) is 13.4 Å².